The highest BCUT2D eigenvalue weighted by atomic mass is 35.5. The van der Waals surface area contributed by atoms with E-state index in [2.05, 4.69) is 4.98 Å². The summed E-state index contributed by atoms with van der Waals surface area (Å²) in [6, 6.07) is 6.25. The molecule has 2 aromatic carbocycles. The summed E-state index contributed by atoms with van der Waals surface area (Å²) in [6.45, 7) is 0. The molecule has 1 heterocycles. The van der Waals surface area contributed by atoms with Gasteiger partial charge in [0.25, 0.3) is 0 Å². The average molecular weight is 356 g/mol. The Labute approximate surface area is 134 Å². The molecule has 0 saturated heterocycles. The van der Waals surface area contributed by atoms with Crippen LogP contribution < -0.4 is 5.43 Å². The normalized spacial score (nSPS) is 11.8. The lowest BCUT2D eigenvalue weighted by molar-refractivity contribution is 0.593. The SMILES string of the molecule is O=c1c(S(=O)(=O)c2ccc(F)cc2)c[nH]c2c(F)ccc(Cl)c12. The van der Waals surface area contributed by atoms with E-state index in [4.69, 9.17) is 11.6 Å². The number of pyridine rings is 1. The second-order valence-electron chi connectivity index (χ2n) is 4.72. The van der Waals surface area contributed by atoms with Crippen LogP contribution in [0.3, 0.4) is 0 Å². The summed E-state index contributed by atoms with van der Waals surface area (Å²) in [7, 11) is -4.20. The zero-order valence-corrected chi connectivity index (χ0v) is 12.9. The van der Waals surface area contributed by atoms with Gasteiger partial charge in [0.1, 0.15) is 16.5 Å². The fourth-order valence-corrected chi connectivity index (χ4v) is 3.73. The van der Waals surface area contributed by atoms with Gasteiger partial charge in [0.05, 0.1) is 20.8 Å². The minimum atomic E-state index is -4.20. The summed E-state index contributed by atoms with van der Waals surface area (Å²) in [4.78, 5) is 14.1. The molecule has 1 N–H and O–H groups in total. The second-order valence-corrected chi connectivity index (χ2v) is 7.04. The molecule has 0 unspecified atom stereocenters. The predicted octanol–water partition coefficient (Wildman–Crippen LogP) is 3.29. The van der Waals surface area contributed by atoms with E-state index in [1.54, 1.807) is 0 Å². The number of sulfone groups is 1. The molecule has 0 atom stereocenters. The van der Waals surface area contributed by atoms with Crippen LogP contribution in [-0.2, 0) is 9.84 Å². The number of benzene rings is 2. The zero-order valence-electron chi connectivity index (χ0n) is 11.3. The van der Waals surface area contributed by atoms with Crippen LogP contribution >= 0.6 is 11.6 Å². The molecule has 0 fully saturated rings. The number of aromatic amines is 1. The lowest BCUT2D eigenvalue weighted by Gasteiger charge is -2.07. The van der Waals surface area contributed by atoms with E-state index in [0.717, 1.165) is 36.5 Å². The van der Waals surface area contributed by atoms with E-state index >= 15 is 0 Å². The van der Waals surface area contributed by atoms with Crippen molar-refractivity contribution in [3.05, 3.63) is 69.5 Å². The summed E-state index contributed by atoms with van der Waals surface area (Å²) in [5.74, 6) is -1.34. The first-order valence-corrected chi connectivity index (χ1v) is 8.18. The van der Waals surface area contributed by atoms with Crippen molar-refractivity contribution in [3.63, 3.8) is 0 Å². The molecule has 0 amide bonds. The molecule has 0 saturated carbocycles. The number of H-pyrrole nitrogens is 1. The van der Waals surface area contributed by atoms with Crippen molar-refractivity contribution in [1.82, 2.24) is 4.98 Å². The van der Waals surface area contributed by atoms with Gasteiger partial charge in [-0.1, -0.05) is 11.6 Å². The van der Waals surface area contributed by atoms with Crippen molar-refractivity contribution in [3.8, 4) is 0 Å². The van der Waals surface area contributed by atoms with E-state index in [1.807, 2.05) is 0 Å². The van der Waals surface area contributed by atoms with Crippen molar-refractivity contribution in [1.29, 1.82) is 0 Å². The maximum Gasteiger partial charge on any atom is 0.211 e. The minimum Gasteiger partial charge on any atom is -0.357 e. The van der Waals surface area contributed by atoms with E-state index in [-0.39, 0.29) is 20.8 Å². The number of nitrogens with one attached hydrogen (secondary N) is 1. The topological polar surface area (TPSA) is 67.0 Å². The Kier molecular flexibility index (Phi) is 3.69. The van der Waals surface area contributed by atoms with Crippen LogP contribution in [-0.4, -0.2) is 13.4 Å². The van der Waals surface area contributed by atoms with Crippen molar-refractivity contribution in [2.75, 3.05) is 0 Å². The number of hydrogen-bond acceptors (Lipinski definition) is 3. The molecule has 3 aromatic rings. The first kappa shape index (κ1) is 15.6. The number of aromatic nitrogens is 1. The first-order valence-electron chi connectivity index (χ1n) is 6.32. The molecule has 4 nitrogen and oxygen atoms in total. The van der Waals surface area contributed by atoms with Crippen LogP contribution in [0.4, 0.5) is 8.78 Å². The van der Waals surface area contributed by atoms with Crippen molar-refractivity contribution < 1.29 is 17.2 Å². The maximum absolute atomic E-state index is 13.7. The smallest absolute Gasteiger partial charge is 0.211 e. The van der Waals surface area contributed by atoms with Gasteiger partial charge < -0.3 is 4.98 Å². The third kappa shape index (κ3) is 2.51. The Morgan fingerprint density at radius 2 is 1.65 bits per heavy atom. The van der Waals surface area contributed by atoms with E-state index in [9.17, 15) is 22.0 Å². The fraction of sp³-hybridized carbons (Fsp3) is 0. The van der Waals surface area contributed by atoms with Gasteiger partial charge in [0.2, 0.25) is 15.3 Å². The third-order valence-corrected chi connectivity index (χ3v) is 5.41. The maximum atomic E-state index is 13.7. The standard InChI is InChI=1S/C15H8ClF2NO3S/c16-10-5-6-11(18)14-13(10)15(20)12(7-19-14)23(21,22)9-3-1-8(17)2-4-9/h1-7H,(H,19,20). The second kappa shape index (κ2) is 5.43. The Bertz CT molecular complexity index is 1080. The number of fused-ring (bicyclic) bond motifs is 1. The van der Waals surface area contributed by atoms with Crippen LogP contribution in [0.25, 0.3) is 10.9 Å². The lowest BCUT2D eigenvalue weighted by atomic mass is 10.2. The Hall–Kier alpha value is -2.25. The molecule has 118 valence electrons. The Balaban J connectivity index is 2.33. The lowest BCUT2D eigenvalue weighted by Crippen LogP contribution is -2.17. The minimum absolute atomic E-state index is 0.0705. The largest absolute Gasteiger partial charge is 0.357 e. The summed E-state index contributed by atoms with van der Waals surface area (Å²) in [6.07, 6.45) is 0.906. The van der Waals surface area contributed by atoms with Crippen molar-refractivity contribution >= 4 is 32.3 Å². The summed E-state index contributed by atoms with van der Waals surface area (Å²) < 4.78 is 51.7. The number of hydrogen-bond donors (Lipinski definition) is 1. The Morgan fingerprint density at radius 1 is 1.00 bits per heavy atom. The third-order valence-electron chi connectivity index (χ3n) is 3.32. The highest BCUT2D eigenvalue weighted by Gasteiger charge is 2.24. The highest BCUT2D eigenvalue weighted by Crippen LogP contribution is 2.25. The van der Waals surface area contributed by atoms with Crippen LogP contribution in [0.5, 0.6) is 0 Å². The van der Waals surface area contributed by atoms with Crippen LogP contribution in [0.2, 0.25) is 5.02 Å². The number of rotatable bonds is 2. The van der Waals surface area contributed by atoms with Crippen molar-refractivity contribution in [2.45, 2.75) is 9.79 Å². The van der Waals surface area contributed by atoms with E-state index in [1.165, 1.54) is 6.07 Å². The van der Waals surface area contributed by atoms with Crippen LogP contribution in [0, 0.1) is 11.6 Å². The highest BCUT2D eigenvalue weighted by molar-refractivity contribution is 7.91. The van der Waals surface area contributed by atoms with Gasteiger partial charge in [-0.05, 0) is 36.4 Å². The van der Waals surface area contributed by atoms with Gasteiger partial charge in [-0.25, -0.2) is 17.2 Å². The van der Waals surface area contributed by atoms with Gasteiger partial charge in [-0.15, -0.1) is 0 Å². The molecule has 3 rings (SSSR count). The van der Waals surface area contributed by atoms with Gasteiger partial charge in [-0.2, -0.15) is 0 Å². The van der Waals surface area contributed by atoms with Crippen LogP contribution in [0.1, 0.15) is 0 Å². The molecular formula is C15H8ClF2NO3S. The molecule has 0 aliphatic carbocycles. The zero-order chi connectivity index (χ0) is 16.8. The molecule has 8 heteroatoms. The van der Waals surface area contributed by atoms with E-state index in [0.29, 0.717) is 0 Å². The summed E-state index contributed by atoms with van der Waals surface area (Å²) in [5.41, 5.74) is -1.10. The van der Waals surface area contributed by atoms with Gasteiger partial charge >= 0.3 is 0 Å². The molecule has 0 radical (unpaired) electrons. The molecule has 0 spiro atoms. The molecule has 0 bridgehead atoms. The first-order chi connectivity index (χ1) is 10.8. The van der Waals surface area contributed by atoms with E-state index < -0.39 is 31.8 Å². The van der Waals surface area contributed by atoms with Gasteiger partial charge in [0.15, 0.2) is 0 Å². The fourth-order valence-electron chi connectivity index (χ4n) is 2.18. The molecule has 1 aromatic heterocycles. The molecule has 0 aliphatic heterocycles. The van der Waals surface area contributed by atoms with Gasteiger partial charge in [-0.3, -0.25) is 4.79 Å². The predicted molar refractivity (Wildman–Crippen MR) is 81.4 cm³/mol. The summed E-state index contributed by atoms with van der Waals surface area (Å²) >= 11 is 5.89. The van der Waals surface area contributed by atoms with Gasteiger partial charge in [0, 0.05) is 6.20 Å². The molecule has 0 aliphatic rings. The van der Waals surface area contributed by atoms with Crippen molar-refractivity contribution in [2.24, 2.45) is 0 Å². The monoisotopic (exact) mass is 355 g/mol. The quantitative estimate of drug-likeness (QED) is 0.717. The average Bonchev–Trinajstić information content (AvgIpc) is 2.51. The number of halogens is 3. The van der Waals surface area contributed by atoms with Crippen LogP contribution in [0.15, 0.2) is 57.2 Å². The Morgan fingerprint density at radius 3 is 2.30 bits per heavy atom. The summed E-state index contributed by atoms with van der Waals surface area (Å²) in [5, 5.41) is -0.325. The molecular weight excluding hydrogens is 348 g/mol. The molecule has 23 heavy (non-hydrogen) atoms.